The molecule has 0 radical (unpaired) electrons. The summed E-state index contributed by atoms with van der Waals surface area (Å²) in [6, 6.07) is 3.87. The second-order valence-corrected chi connectivity index (χ2v) is 3.64. The molecule has 0 atom stereocenters. The molecule has 78 valence electrons. The second-order valence-electron chi connectivity index (χ2n) is 3.29. The first-order valence-electron chi connectivity index (χ1n) is 4.60. The third-order valence-electron chi connectivity index (χ3n) is 2.00. The summed E-state index contributed by atoms with van der Waals surface area (Å²) in [7, 11) is 0. The van der Waals surface area contributed by atoms with Gasteiger partial charge in [-0.1, -0.05) is 11.6 Å². The predicted octanol–water partition coefficient (Wildman–Crippen LogP) is 2.38. The van der Waals surface area contributed by atoms with Gasteiger partial charge in [0.05, 0.1) is 17.9 Å². The average molecular weight is 223 g/mol. The van der Waals surface area contributed by atoms with Crippen molar-refractivity contribution < 1.29 is 0 Å². The van der Waals surface area contributed by atoms with Gasteiger partial charge in [0.1, 0.15) is 0 Å². The van der Waals surface area contributed by atoms with Gasteiger partial charge in [-0.25, -0.2) is 4.98 Å². The van der Waals surface area contributed by atoms with E-state index in [0.29, 0.717) is 11.7 Å². The first-order chi connectivity index (χ1) is 7.25. The van der Waals surface area contributed by atoms with Gasteiger partial charge in [0.25, 0.3) is 0 Å². The van der Waals surface area contributed by atoms with Gasteiger partial charge in [0.2, 0.25) is 0 Å². The number of hydrogen-bond donors (Lipinski definition) is 2. The van der Waals surface area contributed by atoms with E-state index in [1.807, 2.05) is 19.1 Å². The maximum Gasteiger partial charge on any atom is 0.152 e. The number of hydrogen-bond acceptors (Lipinski definition) is 3. The molecule has 2 heterocycles. The Hall–Kier alpha value is -1.55. The number of nitrogens with one attached hydrogen (secondary N) is 2. The van der Waals surface area contributed by atoms with E-state index in [1.165, 1.54) is 0 Å². The number of aromatic amines is 1. The van der Waals surface area contributed by atoms with Crippen LogP contribution in [-0.4, -0.2) is 15.2 Å². The molecular formula is C10H11ClN4. The number of aryl methyl sites for hydroxylation is 1. The molecule has 0 fully saturated rings. The molecule has 0 saturated heterocycles. The number of anilines is 1. The summed E-state index contributed by atoms with van der Waals surface area (Å²) >= 11 is 5.94. The van der Waals surface area contributed by atoms with Crippen LogP contribution in [0.3, 0.4) is 0 Å². The van der Waals surface area contributed by atoms with Crippen LogP contribution >= 0.6 is 11.6 Å². The number of rotatable bonds is 3. The van der Waals surface area contributed by atoms with Gasteiger partial charge in [0.15, 0.2) is 5.15 Å². The van der Waals surface area contributed by atoms with Crippen molar-refractivity contribution in [3.8, 4) is 0 Å². The zero-order chi connectivity index (χ0) is 10.7. The maximum absolute atomic E-state index is 5.94. The van der Waals surface area contributed by atoms with Gasteiger partial charge >= 0.3 is 0 Å². The van der Waals surface area contributed by atoms with Crippen LogP contribution in [0.1, 0.15) is 11.3 Å². The molecule has 0 aromatic carbocycles. The zero-order valence-corrected chi connectivity index (χ0v) is 9.04. The highest BCUT2D eigenvalue weighted by molar-refractivity contribution is 6.31. The fourth-order valence-corrected chi connectivity index (χ4v) is 1.42. The molecule has 0 bridgehead atoms. The van der Waals surface area contributed by atoms with Crippen LogP contribution in [0.5, 0.6) is 0 Å². The van der Waals surface area contributed by atoms with E-state index in [1.54, 1.807) is 12.4 Å². The number of halogens is 1. The molecule has 15 heavy (non-hydrogen) atoms. The minimum atomic E-state index is 0.486. The van der Waals surface area contributed by atoms with E-state index in [0.717, 1.165) is 16.9 Å². The fourth-order valence-electron chi connectivity index (χ4n) is 1.25. The van der Waals surface area contributed by atoms with Crippen LogP contribution in [-0.2, 0) is 6.54 Å². The monoisotopic (exact) mass is 222 g/mol. The van der Waals surface area contributed by atoms with Crippen molar-refractivity contribution in [2.75, 3.05) is 5.32 Å². The molecule has 0 spiro atoms. The minimum absolute atomic E-state index is 0.486. The van der Waals surface area contributed by atoms with Gasteiger partial charge in [-0.15, -0.1) is 0 Å². The number of H-pyrrole nitrogens is 1. The third-order valence-corrected chi connectivity index (χ3v) is 2.30. The van der Waals surface area contributed by atoms with Crippen LogP contribution in [0.25, 0.3) is 0 Å². The normalized spacial score (nSPS) is 10.3. The quantitative estimate of drug-likeness (QED) is 0.784. The summed E-state index contributed by atoms with van der Waals surface area (Å²) in [6.45, 7) is 2.63. The summed E-state index contributed by atoms with van der Waals surface area (Å²) in [6.07, 6.45) is 3.46. The van der Waals surface area contributed by atoms with Crippen LogP contribution in [0.15, 0.2) is 24.5 Å². The van der Waals surface area contributed by atoms with Crippen molar-refractivity contribution in [1.82, 2.24) is 15.2 Å². The van der Waals surface area contributed by atoms with E-state index < -0.39 is 0 Å². The molecule has 2 rings (SSSR count). The number of pyridine rings is 1. The standard InChI is InChI=1S/C10H11ClN4/c1-7-4-9(10(11)13-5-7)12-6-8-2-3-14-15-8/h2-5,12H,6H2,1H3,(H,14,15). The van der Waals surface area contributed by atoms with E-state index in [2.05, 4.69) is 20.5 Å². The summed E-state index contributed by atoms with van der Waals surface area (Å²) in [5, 5.41) is 10.4. The average Bonchev–Trinajstić information content (AvgIpc) is 2.72. The van der Waals surface area contributed by atoms with Crippen LogP contribution < -0.4 is 5.32 Å². The molecule has 4 nitrogen and oxygen atoms in total. The maximum atomic E-state index is 5.94. The summed E-state index contributed by atoms with van der Waals surface area (Å²) in [4.78, 5) is 4.06. The second kappa shape index (κ2) is 4.31. The Labute approximate surface area is 92.7 Å². The van der Waals surface area contributed by atoms with Crippen molar-refractivity contribution in [3.05, 3.63) is 40.9 Å². The number of nitrogens with zero attached hydrogens (tertiary/aromatic N) is 2. The van der Waals surface area contributed by atoms with Crippen molar-refractivity contribution in [3.63, 3.8) is 0 Å². The van der Waals surface area contributed by atoms with E-state index in [-0.39, 0.29) is 0 Å². The molecule has 0 aliphatic carbocycles. The minimum Gasteiger partial charge on any atom is -0.377 e. The van der Waals surface area contributed by atoms with Crippen molar-refractivity contribution in [2.24, 2.45) is 0 Å². The molecule has 0 amide bonds. The predicted molar refractivity (Wildman–Crippen MR) is 59.9 cm³/mol. The highest BCUT2D eigenvalue weighted by atomic mass is 35.5. The lowest BCUT2D eigenvalue weighted by molar-refractivity contribution is 0.979. The highest BCUT2D eigenvalue weighted by Gasteiger charge is 2.01. The Morgan fingerprint density at radius 1 is 1.53 bits per heavy atom. The Bertz CT molecular complexity index is 439. The topological polar surface area (TPSA) is 53.6 Å². The molecular weight excluding hydrogens is 212 g/mol. The Kier molecular flexibility index (Phi) is 2.87. The molecule has 5 heteroatoms. The molecule has 0 saturated carbocycles. The van der Waals surface area contributed by atoms with Gasteiger partial charge < -0.3 is 5.32 Å². The summed E-state index contributed by atoms with van der Waals surface area (Å²) in [5.41, 5.74) is 2.92. The lowest BCUT2D eigenvalue weighted by Gasteiger charge is -2.06. The summed E-state index contributed by atoms with van der Waals surface area (Å²) < 4.78 is 0. The first-order valence-corrected chi connectivity index (χ1v) is 4.98. The number of aromatic nitrogens is 3. The molecule has 0 aliphatic rings. The largest absolute Gasteiger partial charge is 0.377 e. The molecule has 0 unspecified atom stereocenters. The van der Waals surface area contributed by atoms with Crippen molar-refractivity contribution in [1.29, 1.82) is 0 Å². The third kappa shape index (κ3) is 2.47. The fraction of sp³-hybridized carbons (Fsp3) is 0.200. The van der Waals surface area contributed by atoms with Gasteiger partial charge in [-0.05, 0) is 24.6 Å². The van der Waals surface area contributed by atoms with Gasteiger partial charge in [-0.2, -0.15) is 5.10 Å². The Balaban J connectivity index is 2.07. The van der Waals surface area contributed by atoms with Crippen LogP contribution in [0, 0.1) is 6.92 Å². The van der Waals surface area contributed by atoms with Gasteiger partial charge in [0, 0.05) is 12.4 Å². The van der Waals surface area contributed by atoms with Crippen LogP contribution in [0.2, 0.25) is 5.15 Å². The lowest BCUT2D eigenvalue weighted by atomic mass is 10.3. The zero-order valence-electron chi connectivity index (χ0n) is 8.29. The highest BCUT2D eigenvalue weighted by Crippen LogP contribution is 2.20. The van der Waals surface area contributed by atoms with E-state index in [4.69, 9.17) is 11.6 Å². The Morgan fingerprint density at radius 2 is 2.40 bits per heavy atom. The SMILES string of the molecule is Cc1cnc(Cl)c(NCc2ccn[nH]2)c1. The van der Waals surface area contributed by atoms with Crippen molar-refractivity contribution >= 4 is 17.3 Å². The van der Waals surface area contributed by atoms with Crippen LogP contribution in [0.4, 0.5) is 5.69 Å². The molecule has 2 N–H and O–H groups in total. The van der Waals surface area contributed by atoms with E-state index in [9.17, 15) is 0 Å². The van der Waals surface area contributed by atoms with Gasteiger partial charge in [-0.3, -0.25) is 5.10 Å². The summed E-state index contributed by atoms with van der Waals surface area (Å²) in [5.74, 6) is 0. The molecule has 2 aromatic rings. The first kappa shape index (κ1) is 9.98. The Morgan fingerprint density at radius 3 is 3.13 bits per heavy atom. The lowest BCUT2D eigenvalue weighted by Crippen LogP contribution is -2.01. The molecule has 0 aliphatic heterocycles. The van der Waals surface area contributed by atoms with E-state index >= 15 is 0 Å². The molecule has 2 aromatic heterocycles. The smallest absolute Gasteiger partial charge is 0.152 e. The van der Waals surface area contributed by atoms with Crippen molar-refractivity contribution in [2.45, 2.75) is 13.5 Å².